The molecule has 0 bridgehead atoms. The number of rotatable bonds is 13. The van der Waals surface area contributed by atoms with Crippen LogP contribution in [-0.2, 0) is 14.3 Å². The van der Waals surface area contributed by atoms with Gasteiger partial charge in [0.1, 0.15) is 6.54 Å². The van der Waals surface area contributed by atoms with Crippen LogP contribution in [0.2, 0.25) is 0 Å². The average Bonchev–Trinajstić information content (AvgIpc) is 2.81. The van der Waals surface area contributed by atoms with Gasteiger partial charge in [-0.05, 0) is 37.8 Å². The molecule has 2 rings (SSSR count). The van der Waals surface area contributed by atoms with E-state index in [1.54, 1.807) is 11.0 Å². The van der Waals surface area contributed by atoms with Crippen molar-refractivity contribution in [2.24, 2.45) is 0 Å². The molecule has 1 aromatic carbocycles. The zero-order valence-electron chi connectivity index (χ0n) is 18.6. The number of nitrogens with zero attached hydrogens (tertiary/aromatic N) is 2. The minimum atomic E-state index is -0.614. The second-order valence-electron chi connectivity index (χ2n) is 7.97. The molecule has 0 heterocycles. The maximum absolute atomic E-state index is 12.7. The molecule has 0 N–H and O–H groups in total. The van der Waals surface area contributed by atoms with Crippen LogP contribution in [0.5, 0.6) is 5.75 Å². The minimum Gasteiger partial charge on any atom is -0.487 e. The van der Waals surface area contributed by atoms with Crippen LogP contribution in [0, 0.1) is 10.1 Å². The molecular formula is C23H32N2O7. The molecule has 32 heavy (non-hydrogen) atoms. The lowest BCUT2D eigenvalue weighted by molar-refractivity contribution is -0.386. The highest BCUT2D eigenvalue weighted by Gasteiger charge is 2.27. The fourth-order valence-corrected chi connectivity index (χ4v) is 4.02. The number of nitro benzene ring substituents is 1. The fraction of sp³-hybridized carbons (Fsp3) is 0.609. The summed E-state index contributed by atoms with van der Waals surface area (Å²) in [6.07, 6.45) is 8.97. The lowest BCUT2D eigenvalue weighted by Gasteiger charge is -2.33. The van der Waals surface area contributed by atoms with Crippen molar-refractivity contribution >= 4 is 23.9 Å². The molecular weight excluding hydrogens is 416 g/mol. The van der Waals surface area contributed by atoms with Crippen LogP contribution in [-0.4, -0.2) is 54.3 Å². The van der Waals surface area contributed by atoms with Crippen LogP contribution in [0.25, 0.3) is 0 Å². The Kier molecular flexibility index (Phi) is 10.6. The molecule has 1 aliphatic rings. The highest BCUT2D eigenvalue weighted by molar-refractivity contribution is 5.83. The van der Waals surface area contributed by atoms with Gasteiger partial charge < -0.3 is 14.4 Å². The smallest absolute Gasteiger partial charge is 0.325 e. The van der Waals surface area contributed by atoms with Crippen LogP contribution >= 0.6 is 0 Å². The van der Waals surface area contributed by atoms with E-state index in [9.17, 15) is 24.5 Å². The van der Waals surface area contributed by atoms with Gasteiger partial charge in [-0.15, -0.1) is 0 Å². The average molecular weight is 449 g/mol. The Labute approximate surface area is 188 Å². The molecule has 1 fully saturated rings. The number of hydrogen-bond acceptors (Lipinski definition) is 7. The summed E-state index contributed by atoms with van der Waals surface area (Å²) < 4.78 is 10.3. The van der Waals surface area contributed by atoms with E-state index >= 15 is 0 Å². The van der Waals surface area contributed by atoms with E-state index in [0.29, 0.717) is 25.5 Å². The predicted molar refractivity (Wildman–Crippen MR) is 118 cm³/mol. The van der Waals surface area contributed by atoms with Gasteiger partial charge in [0.2, 0.25) is 5.91 Å². The molecule has 0 saturated heterocycles. The molecule has 0 aromatic heterocycles. The summed E-state index contributed by atoms with van der Waals surface area (Å²) in [6.45, 7) is 0.292. The number of amides is 1. The number of para-hydroxylation sites is 1. The Balaban J connectivity index is 1.73. The number of benzene rings is 1. The van der Waals surface area contributed by atoms with Gasteiger partial charge in [0.15, 0.2) is 12.0 Å². The lowest BCUT2D eigenvalue weighted by atomic mass is 9.93. The highest BCUT2D eigenvalue weighted by Crippen LogP contribution is 2.30. The van der Waals surface area contributed by atoms with Crippen LogP contribution in [0.3, 0.4) is 0 Å². The van der Waals surface area contributed by atoms with Gasteiger partial charge in [0.25, 0.3) is 0 Å². The van der Waals surface area contributed by atoms with Crippen molar-refractivity contribution in [1.29, 1.82) is 0 Å². The van der Waals surface area contributed by atoms with Crippen LogP contribution < -0.4 is 4.74 Å². The summed E-state index contributed by atoms with van der Waals surface area (Å²) in [5, 5.41) is 11.2. The Hall–Kier alpha value is -2.97. The van der Waals surface area contributed by atoms with E-state index in [-0.39, 0.29) is 42.1 Å². The van der Waals surface area contributed by atoms with Gasteiger partial charge in [0.05, 0.1) is 24.2 Å². The van der Waals surface area contributed by atoms with Gasteiger partial charge in [-0.25, -0.2) is 0 Å². The van der Waals surface area contributed by atoms with Crippen molar-refractivity contribution in [1.82, 2.24) is 4.90 Å². The number of nitro groups is 1. The van der Waals surface area contributed by atoms with Gasteiger partial charge in [-0.1, -0.05) is 38.2 Å². The van der Waals surface area contributed by atoms with E-state index < -0.39 is 10.9 Å². The first-order valence-corrected chi connectivity index (χ1v) is 11.2. The third kappa shape index (κ3) is 7.62. The first kappa shape index (κ1) is 25.3. The van der Waals surface area contributed by atoms with E-state index in [2.05, 4.69) is 0 Å². The number of aldehydes is 1. The van der Waals surface area contributed by atoms with Crippen LogP contribution in [0.15, 0.2) is 18.2 Å². The third-order valence-corrected chi connectivity index (χ3v) is 5.75. The molecule has 9 nitrogen and oxygen atoms in total. The summed E-state index contributed by atoms with van der Waals surface area (Å²) in [5.74, 6) is -0.325. The quantitative estimate of drug-likeness (QED) is 0.147. The Morgan fingerprint density at radius 3 is 2.53 bits per heavy atom. The molecule has 1 saturated carbocycles. The normalized spacial score (nSPS) is 13.9. The Morgan fingerprint density at radius 1 is 1.16 bits per heavy atom. The minimum absolute atomic E-state index is 0.00642. The number of carbonyl (C=O) groups is 3. The maximum Gasteiger partial charge on any atom is 0.325 e. The summed E-state index contributed by atoms with van der Waals surface area (Å²) >= 11 is 0. The highest BCUT2D eigenvalue weighted by atomic mass is 16.6. The number of hydrogen-bond donors (Lipinski definition) is 0. The molecule has 1 aliphatic carbocycles. The largest absolute Gasteiger partial charge is 0.487 e. The monoisotopic (exact) mass is 448 g/mol. The van der Waals surface area contributed by atoms with Gasteiger partial charge >= 0.3 is 11.7 Å². The first-order chi connectivity index (χ1) is 15.5. The van der Waals surface area contributed by atoms with E-state index in [1.807, 2.05) is 0 Å². The molecule has 0 spiro atoms. The SMILES string of the molecule is COC(=O)CN(C(=O)CCCCCCOc1cccc(C=O)c1[N+](=O)[O-])C1CCCCC1. The molecule has 1 amide bonds. The lowest BCUT2D eigenvalue weighted by Crippen LogP contribution is -2.44. The van der Waals surface area contributed by atoms with Crippen molar-refractivity contribution in [3.8, 4) is 5.75 Å². The Bertz CT molecular complexity index is 791. The van der Waals surface area contributed by atoms with Crippen LogP contribution in [0.4, 0.5) is 5.69 Å². The summed E-state index contributed by atoms with van der Waals surface area (Å²) in [6, 6.07) is 4.52. The van der Waals surface area contributed by atoms with E-state index in [1.165, 1.54) is 25.7 Å². The number of ether oxygens (including phenoxy) is 2. The fourth-order valence-electron chi connectivity index (χ4n) is 4.02. The van der Waals surface area contributed by atoms with Crippen molar-refractivity contribution in [3.05, 3.63) is 33.9 Å². The molecule has 0 unspecified atom stereocenters. The van der Waals surface area contributed by atoms with E-state index in [0.717, 1.165) is 38.5 Å². The number of methoxy groups -OCH3 is 1. The second-order valence-corrected chi connectivity index (χ2v) is 7.97. The third-order valence-electron chi connectivity index (χ3n) is 5.75. The molecule has 0 radical (unpaired) electrons. The summed E-state index contributed by atoms with van der Waals surface area (Å²) in [5.41, 5.74) is -0.331. The summed E-state index contributed by atoms with van der Waals surface area (Å²) in [7, 11) is 1.33. The van der Waals surface area contributed by atoms with Crippen molar-refractivity contribution < 1.29 is 28.8 Å². The topological polar surface area (TPSA) is 116 Å². The molecule has 1 aromatic rings. The number of carbonyl (C=O) groups excluding carboxylic acids is 3. The second kappa shape index (κ2) is 13.4. The van der Waals surface area contributed by atoms with Crippen molar-refractivity contribution in [3.63, 3.8) is 0 Å². The zero-order valence-corrected chi connectivity index (χ0v) is 18.6. The van der Waals surface area contributed by atoms with Gasteiger partial charge in [0, 0.05) is 12.5 Å². The maximum atomic E-state index is 12.7. The standard InChI is InChI=1S/C23H32N2O7/c1-31-22(28)16-24(19-11-5-4-6-12-19)21(27)14-7-2-3-8-15-32-20-13-9-10-18(17-26)23(20)25(29)30/h9-10,13,17,19H,2-8,11-12,14-16H2,1H3. The number of unbranched alkanes of at least 4 members (excludes halogenated alkanes) is 3. The van der Waals surface area contributed by atoms with Gasteiger partial charge in [-0.2, -0.15) is 0 Å². The van der Waals surface area contributed by atoms with E-state index in [4.69, 9.17) is 9.47 Å². The zero-order chi connectivity index (χ0) is 23.3. The summed E-state index contributed by atoms with van der Waals surface area (Å²) in [4.78, 5) is 47.7. The molecule has 176 valence electrons. The first-order valence-electron chi connectivity index (χ1n) is 11.2. The Morgan fingerprint density at radius 2 is 1.88 bits per heavy atom. The van der Waals surface area contributed by atoms with Gasteiger partial charge in [-0.3, -0.25) is 24.5 Å². The molecule has 9 heteroatoms. The van der Waals surface area contributed by atoms with Crippen LogP contribution in [0.1, 0.15) is 74.6 Å². The van der Waals surface area contributed by atoms with Crippen molar-refractivity contribution in [2.45, 2.75) is 70.3 Å². The molecule has 0 atom stereocenters. The number of esters is 1. The van der Waals surface area contributed by atoms with Crippen molar-refractivity contribution in [2.75, 3.05) is 20.3 Å². The molecule has 0 aliphatic heterocycles. The predicted octanol–water partition coefficient (Wildman–Crippen LogP) is 4.07.